The van der Waals surface area contributed by atoms with Crippen molar-refractivity contribution in [1.29, 1.82) is 0 Å². The molecule has 28 heavy (non-hydrogen) atoms. The van der Waals surface area contributed by atoms with E-state index in [1.165, 1.54) is 12.8 Å². The van der Waals surface area contributed by atoms with Gasteiger partial charge in [0, 0.05) is 24.7 Å². The van der Waals surface area contributed by atoms with Crippen molar-refractivity contribution < 1.29 is 9.21 Å². The molecule has 148 valence electrons. The number of anilines is 2. The highest BCUT2D eigenvalue weighted by Crippen LogP contribution is 2.53. The zero-order valence-corrected chi connectivity index (χ0v) is 16.7. The van der Waals surface area contributed by atoms with Crippen LogP contribution in [0.15, 0.2) is 16.5 Å². The Labute approximate surface area is 168 Å². The van der Waals surface area contributed by atoms with E-state index >= 15 is 0 Å². The van der Waals surface area contributed by atoms with Gasteiger partial charge in [-0.15, -0.1) is 5.10 Å². The number of likely N-dealkylation sites (tertiary alicyclic amines) is 1. The van der Waals surface area contributed by atoms with E-state index < -0.39 is 6.04 Å². The van der Waals surface area contributed by atoms with Crippen molar-refractivity contribution in [3.05, 3.63) is 22.7 Å². The van der Waals surface area contributed by atoms with Crippen molar-refractivity contribution in [2.24, 2.45) is 5.41 Å². The van der Waals surface area contributed by atoms with Gasteiger partial charge in [0.25, 0.3) is 5.89 Å². The zero-order chi connectivity index (χ0) is 19.3. The number of piperidine rings is 1. The predicted octanol–water partition coefficient (Wildman–Crippen LogP) is 3.56. The molecule has 1 aliphatic carbocycles. The molecule has 0 radical (unpaired) electrons. The average Bonchev–Trinajstić information content (AvgIpc) is 3.11. The Morgan fingerprint density at radius 2 is 2.07 bits per heavy atom. The lowest BCUT2D eigenvalue weighted by molar-refractivity contribution is -0.133. The standard InChI is InChI=1S/C20H24ClN5O2/c1-12(18(27)26-10-7-20(5-6-20)8-11-26)23-19-25-24-17(28-19)14-2-3-15(21)13-4-9-22-16(13)14/h2-3,12,22H,4-11H2,1H3,(H,23,25)/t12-/m1/s1. The van der Waals surface area contributed by atoms with Crippen LogP contribution < -0.4 is 10.6 Å². The van der Waals surface area contributed by atoms with Crippen molar-refractivity contribution >= 4 is 29.2 Å². The Kier molecular flexibility index (Phi) is 4.23. The first-order chi connectivity index (χ1) is 13.5. The summed E-state index contributed by atoms with van der Waals surface area (Å²) in [4.78, 5) is 14.7. The fourth-order valence-corrected chi connectivity index (χ4v) is 4.60. The van der Waals surface area contributed by atoms with Crippen LogP contribution in [0, 0.1) is 5.41 Å². The van der Waals surface area contributed by atoms with Gasteiger partial charge in [-0.3, -0.25) is 4.79 Å². The highest BCUT2D eigenvalue weighted by molar-refractivity contribution is 6.32. The summed E-state index contributed by atoms with van der Waals surface area (Å²) in [6, 6.07) is 3.59. The highest BCUT2D eigenvalue weighted by atomic mass is 35.5. The number of fused-ring (bicyclic) bond motifs is 1. The minimum Gasteiger partial charge on any atom is -0.403 e. The van der Waals surface area contributed by atoms with Crippen LogP contribution in [0.25, 0.3) is 11.5 Å². The molecule has 3 aliphatic rings. The maximum Gasteiger partial charge on any atom is 0.316 e. The number of hydrogen-bond donors (Lipinski definition) is 2. The minimum atomic E-state index is -0.407. The van der Waals surface area contributed by atoms with Crippen LogP contribution in [0.2, 0.25) is 5.02 Å². The third-order valence-electron chi connectivity index (χ3n) is 6.39. The van der Waals surface area contributed by atoms with Gasteiger partial charge in [0.15, 0.2) is 0 Å². The number of nitrogens with one attached hydrogen (secondary N) is 2. The lowest BCUT2D eigenvalue weighted by atomic mass is 9.93. The topological polar surface area (TPSA) is 83.3 Å². The van der Waals surface area contributed by atoms with Gasteiger partial charge < -0.3 is 20.0 Å². The zero-order valence-electron chi connectivity index (χ0n) is 15.9. The van der Waals surface area contributed by atoms with E-state index in [-0.39, 0.29) is 11.9 Å². The van der Waals surface area contributed by atoms with Crippen LogP contribution in [-0.2, 0) is 11.2 Å². The molecule has 1 amide bonds. The molecule has 8 heteroatoms. The summed E-state index contributed by atoms with van der Waals surface area (Å²) in [5.41, 5.74) is 3.42. The second-order valence-corrected chi connectivity index (χ2v) is 8.64. The fourth-order valence-electron chi connectivity index (χ4n) is 4.35. The molecule has 2 N–H and O–H groups in total. The Balaban J connectivity index is 1.27. The van der Waals surface area contributed by atoms with Gasteiger partial charge in [0.2, 0.25) is 5.91 Å². The summed E-state index contributed by atoms with van der Waals surface area (Å²) < 4.78 is 5.80. The molecule has 1 aromatic heterocycles. The lowest BCUT2D eigenvalue weighted by Gasteiger charge is -2.33. The van der Waals surface area contributed by atoms with Crippen molar-refractivity contribution in [2.45, 2.75) is 45.1 Å². The molecular weight excluding hydrogens is 378 g/mol. The molecule has 2 fully saturated rings. The van der Waals surface area contributed by atoms with Gasteiger partial charge in [0.05, 0.1) is 11.3 Å². The summed E-state index contributed by atoms with van der Waals surface area (Å²) in [5.74, 6) is 0.502. The normalized spacial score (nSPS) is 20.6. The molecular formula is C20H24ClN5O2. The van der Waals surface area contributed by atoms with E-state index in [2.05, 4.69) is 20.8 Å². The second kappa shape index (κ2) is 6.65. The Hall–Kier alpha value is -2.28. The van der Waals surface area contributed by atoms with Crippen LogP contribution in [0.1, 0.15) is 38.2 Å². The molecule has 2 aliphatic heterocycles. The predicted molar refractivity (Wildman–Crippen MR) is 108 cm³/mol. The summed E-state index contributed by atoms with van der Waals surface area (Å²) >= 11 is 6.27. The van der Waals surface area contributed by atoms with Crippen LogP contribution in [0.3, 0.4) is 0 Å². The number of hydrogen-bond acceptors (Lipinski definition) is 6. The van der Waals surface area contributed by atoms with E-state index in [4.69, 9.17) is 16.0 Å². The number of nitrogens with zero attached hydrogens (tertiary/aromatic N) is 3. The molecule has 2 aromatic rings. The number of carbonyl (C=O) groups is 1. The van der Waals surface area contributed by atoms with Crippen molar-refractivity contribution in [3.8, 4) is 11.5 Å². The van der Waals surface area contributed by atoms with E-state index in [1.54, 1.807) is 0 Å². The van der Waals surface area contributed by atoms with Crippen molar-refractivity contribution in [3.63, 3.8) is 0 Å². The molecule has 0 bridgehead atoms. The second-order valence-electron chi connectivity index (χ2n) is 8.23. The molecule has 1 aromatic carbocycles. The first kappa shape index (κ1) is 17.8. The first-order valence-electron chi connectivity index (χ1n) is 9.99. The van der Waals surface area contributed by atoms with Gasteiger partial charge in [-0.25, -0.2) is 0 Å². The largest absolute Gasteiger partial charge is 0.403 e. The minimum absolute atomic E-state index is 0.0873. The van der Waals surface area contributed by atoms with Crippen LogP contribution in [0.4, 0.5) is 11.7 Å². The summed E-state index contributed by atoms with van der Waals surface area (Å²) in [7, 11) is 0. The van der Waals surface area contributed by atoms with Gasteiger partial charge in [0.1, 0.15) is 6.04 Å². The Morgan fingerprint density at radius 1 is 1.29 bits per heavy atom. The van der Waals surface area contributed by atoms with Gasteiger partial charge >= 0.3 is 6.01 Å². The van der Waals surface area contributed by atoms with Crippen LogP contribution in [-0.4, -0.2) is 46.7 Å². The maximum atomic E-state index is 12.8. The summed E-state index contributed by atoms with van der Waals surface area (Å²) in [6.07, 6.45) is 5.80. The molecule has 1 saturated heterocycles. The van der Waals surface area contributed by atoms with Gasteiger partial charge in [-0.1, -0.05) is 16.7 Å². The van der Waals surface area contributed by atoms with E-state index in [1.807, 2.05) is 24.0 Å². The Bertz CT molecular complexity index is 913. The quantitative estimate of drug-likeness (QED) is 0.815. The number of rotatable bonds is 4. The fraction of sp³-hybridized carbons (Fsp3) is 0.550. The third kappa shape index (κ3) is 3.11. The number of halogens is 1. The molecule has 1 saturated carbocycles. The van der Waals surface area contributed by atoms with E-state index in [0.29, 0.717) is 11.3 Å². The lowest BCUT2D eigenvalue weighted by Crippen LogP contribution is -2.45. The monoisotopic (exact) mass is 401 g/mol. The molecule has 0 unspecified atom stereocenters. The maximum absolute atomic E-state index is 12.8. The number of carbonyl (C=O) groups excluding carboxylic acids is 1. The molecule has 5 rings (SSSR count). The van der Waals surface area contributed by atoms with Gasteiger partial charge in [-0.2, -0.15) is 0 Å². The SMILES string of the molecule is C[C@@H](Nc1nnc(-c2ccc(Cl)c3c2NCC3)o1)C(=O)N1CCC2(CC1)CC2. The Morgan fingerprint density at radius 3 is 2.82 bits per heavy atom. The van der Waals surface area contributed by atoms with E-state index in [0.717, 1.165) is 60.7 Å². The average molecular weight is 402 g/mol. The first-order valence-corrected chi connectivity index (χ1v) is 10.4. The summed E-state index contributed by atoms with van der Waals surface area (Å²) in [6.45, 7) is 4.38. The smallest absolute Gasteiger partial charge is 0.316 e. The summed E-state index contributed by atoms with van der Waals surface area (Å²) in [5, 5.41) is 15.4. The van der Waals surface area contributed by atoms with Crippen molar-refractivity contribution in [2.75, 3.05) is 30.3 Å². The highest BCUT2D eigenvalue weighted by Gasteiger charge is 2.45. The number of benzene rings is 1. The van der Waals surface area contributed by atoms with Crippen LogP contribution in [0.5, 0.6) is 0 Å². The molecule has 1 atom stereocenters. The third-order valence-corrected chi connectivity index (χ3v) is 6.75. The molecule has 7 nitrogen and oxygen atoms in total. The number of amides is 1. The van der Waals surface area contributed by atoms with E-state index in [9.17, 15) is 4.79 Å². The van der Waals surface area contributed by atoms with Gasteiger partial charge in [-0.05, 0) is 62.1 Å². The molecule has 3 heterocycles. The van der Waals surface area contributed by atoms with Crippen molar-refractivity contribution in [1.82, 2.24) is 15.1 Å². The number of aromatic nitrogens is 2. The molecule has 1 spiro atoms. The van der Waals surface area contributed by atoms with Crippen LogP contribution >= 0.6 is 11.6 Å².